The molecule has 3 aliphatic heterocycles. The monoisotopic (exact) mass is 456 g/mol. The number of amides is 1. The van der Waals surface area contributed by atoms with E-state index < -0.39 is 0 Å². The molecule has 5 heteroatoms. The number of thiocarbonyl (C=S) groups is 1. The molecule has 0 aromatic heterocycles. The second-order valence-electron chi connectivity index (χ2n) is 8.48. The normalized spacial score (nSPS) is 21.7. The summed E-state index contributed by atoms with van der Waals surface area (Å²) < 4.78 is 0.626. The van der Waals surface area contributed by atoms with Gasteiger partial charge in [0, 0.05) is 34.6 Å². The number of carbonyl (C=O) groups excluding carboxylic acids is 1. The molecule has 1 amide bonds. The second-order valence-corrected chi connectivity index (χ2v) is 10.2. The summed E-state index contributed by atoms with van der Waals surface area (Å²) in [6, 6.07) is 19.1. The second kappa shape index (κ2) is 7.91. The highest BCUT2D eigenvalue weighted by Gasteiger charge is 2.43. The summed E-state index contributed by atoms with van der Waals surface area (Å²) >= 11 is 6.74. The lowest BCUT2D eigenvalue weighted by molar-refractivity contribution is -0.122. The first-order chi connectivity index (χ1) is 15.4. The summed E-state index contributed by atoms with van der Waals surface area (Å²) in [5.41, 5.74) is 7.06. The summed E-state index contributed by atoms with van der Waals surface area (Å²) in [5.74, 6) is -0.0120. The van der Waals surface area contributed by atoms with Gasteiger partial charge in [-0.3, -0.25) is 9.69 Å². The molecule has 0 bridgehead atoms. The number of hydrogen-bond acceptors (Lipinski definition) is 4. The zero-order valence-electron chi connectivity index (χ0n) is 18.3. The van der Waals surface area contributed by atoms with Gasteiger partial charge in [0.1, 0.15) is 4.32 Å². The molecule has 0 radical (unpaired) electrons. The molecular formula is C27H24N2OS2. The lowest BCUT2D eigenvalue weighted by Gasteiger charge is -2.33. The van der Waals surface area contributed by atoms with Crippen LogP contribution in [0.5, 0.6) is 0 Å². The van der Waals surface area contributed by atoms with Crippen molar-refractivity contribution < 1.29 is 4.79 Å². The van der Waals surface area contributed by atoms with Crippen molar-refractivity contribution in [1.29, 1.82) is 0 Å². The van der Waals surface area contributed by atoms with E-state index in [0.717, 1.165) is 5.70 Å². The van der Waals surface area contributed by atoms with Gasteiger partial charge in [0.05, 0.1) is 4.91 Å². The average Bonchev–Trinajstić information content (AvgIpc) is 3.22. The smallest absolute Gasteiger partial charge is 0.266 e. The molecule has 0 atom stereocenters. The highest BCUT2D eigenvalue weighted by molar-refractivity contribution is 8.26. The number of hydrogen-bond donors (Lipinski definition) is 0. The van der Waals surface area contributed by atoms with Crippen LogP contribution in [0.4, 0.5) is 5.69 Å². The first-order valence-corrected chi connectivity index (χ1v) is 12.0. The van der Waals surface area contributed by atoms with Gasteiger partial charge < -0.3 is 4.90 Å². The van der Waals surface area contributed by atoms with Gasteiger partial charge in [0.15, 0.2) is 0 Å². The summed E-state index contributed by atoms with van der Waals surface area (Å²) in [6.07, 6.45) is 8.29. The molecule has 3 nitrogen and oxygen atoms in total. The molecule has 5 rings (SSSR count). The number of likely N-dealkylation sites (N-methyl/N-ethyl adjacent to an activating group) is 1. The summed E-state index contributed by atoms with van der Waals surface area (Å²) in [5, 5.41) is 0. The van der Waals surface area contributed by atoms with Gasteiger partial charge in [-0.1, -0.05) is 92.4 Å². The Morgan fingerprint density at radius 2 is 1.72 bits per heavy atom. The molecule has 0 aliphatic carbocycles. The maximum Gasteiger partial charge on any atom is 0.266 e. The third-order valence-electron chi connectivity index (χ3n) is 6.25. The third-order valence-corrected chi connectivity index (χ3v) is 7.64. The van der Waals surface area contributed by atoms with Crippen LogP contribution in [-0.2, 0) is 10.2 Å². The van der Waals surface area contributed by atoms with E-state index in [0.29, 0.717) is 15.8 Å². The highest BCUT2D eigenvalue weighted by Crippen LogP contribution is 2.53. The lowest BCUT2D eigenvalue weighted by Crippen LogP contribution is -2.28. The van der Waals surface area contributed by atoms with Gasteiger partial charge >= 0.3 is 0 Å². The van der Waals surface area contributed by atoms with Crippen LogP contribution in [0.25, 0.3) is 5.57 Å². The number of rotatable bonds is 3. The molecule has 1 fully saturated rings. The fraction of sp³-hybridized carbons (Fsp3) is 0.185. The van der Waals surface area contributed by atoms with Crippen molar-refractivity contribution in [1.82, 2.24) is 4.90 Å². The molecule has 3 heterocycles. The fourth-order valence-electron chi connectivity index (χ4n) is 4.70. The van der Waals surface area contributed by atoms with Gasteiger partial charge in [-0.05, 0) is 42.3 Å². The highest BCUT2D eigenvalue weighted by atomic mass is 32.2. The Labute approximate surface area is 198 Å². The van der Waals surface area contributed by atoms with Crippen LogP contribution < -0.4 is 4.90 Å². The van der Waals surface area contributed by atoms with Crippen molar-refractivity contribution in [3.63, 3.8) is 0 Å². The zero-order valence-corrected chi connectivity index (χ0v) is 20.0. The maximum absolute atomic E-state index is 12.7. The van der Waals surface area contributed by atoms with Crippen molar-refractivity contribution in [3.8, 4) is 0 Å². The summed E-state index contributed by atoms with van der Waals surface area (Å²) in [6.45, 7) is 7.11. The summed E-state index contributed by atoms with van der Waals surface area (Å²) in [4.78, 5) is 17.3. The van der Waals surface area contributed by atoms with Gasteiger partial charge in [-0.25, -0.2) is 0 Å². The third kappa shape index (κ3) is 3.19. The van der Waals surface area contributed by atoms with Gasteiger partial charge in [-0.15, -0.1) is 0 Å². The number of benzene rings is 2. The van der Waals surface area contributed by atoms with E-state index in [1.165, 1.54) is 39.8 Å². The number of fused-ring (bicyclic) bond motifs is 3. The first-order valence-electron chi connectivity index (χ1n) is 10.8. The molecular weight excluding hydrogens is 432 g/mol. The molecule has 0 N–H and O–H groups in total. The van der Waals surface area contributed by atoms with E-state index in [4.69, 9.17) is 12.2 Å². The lowest BCUT2D eigenvalue weighted by atomic mass is 9.80. The predicted octanol–water partition coefficient (Wildman–Crippen LogP) is 6.41. The van der Waals surface area contributed by atoms with Crippen molar-refractivity contribution in [2.45, 2.75) is 26.2 Å². The van der Waals surface area contributed by atoms with E-state index in [1.54, 1.807) is 4.90 Å². The number of thioether (sulfide) groups is 1. The van der Waals surface area contributed by atoms with E-state index in [9.17, 15) is 4.79 Å². The quantitative estimate of drug-likeness (QED) is 0.393. The topological polar surface area (TPSA) is 23.6 Å². The number of para-hydroxylation sites is 1. The van der Waals surface area contributed by atoms with E-state index >= 15 is 0 Å². The van der Waals surface area contributed by atoms with Crippen LogP contribution in [0.2, 0.25) is 0 Å². The minimum atomic E-state index is -0.155. The molecule has 0 saturated carbocycles. The minimum absolute atomic E-state index is 0.0120. The van der Waals surface area contributed by atoms with E-state index in [2.05, 4.69) is 79.4 Å². The number of nitrogens with zero attached hydrogens (tertiary/aromatic N) is 2. The van der Waals surface area contributed by atoms with E-state index in [1.807, 2.05) is 25.1 Å². The molecule has 0 unspecified atom stereocenters. The predicted molar refractivity (Wildman–Crippen MR) is 138 cm³/mol. The minimum Gasteiger partial charge on any atom is -0.312 e. The van der Waals surface area contributed by atoms with Gasteiger partial charge in [0.2, 0.25) is 0 Å². The van der Waals surface area contributed by atoms with Crippen molar-refractivity contribution >= 4 is 45.5 Å². The molecule has 32 heavy (non-hydrogen) atoms. The Hall–Kier alpha value is -2.89. The Bertz CT molecular complexity index is 1250. The fourth-order valence-corrected chi connectivity index (χ4v) is 6.03. The van der Waals surface area contributed by atoms with Crippen molar-refractivity contribution in [3.05, 3.63) is 106 Å². The Morgan fingerprint density at radius 3 is 2.44 bits per heavy atom. The number of carbonyl (C=O) groups is 1. The van der Waals surface area contributed by atoms with Gasteiger partial charge in [-0.2, -0.15) is 0 Å². The SMILES string of the molecule is CCN1C(=O)C(=CC=C2C=CC(c3ccccc3)=C3N2c2ccccc2C3(C)C)SC1=S. The van der Waals surface area contributed by atoms with Crippen LogP contribution in [0.15, 0.2) is 95.2 Å². The molecule has 0 spiro atoms. The molecule has 1 saturated heterocycles. The maximum atomic E-state index is 12.7. The number of anilines is 1. The molecule has 3 aliphatic rings. The first kappa shape index (κ1) is 21.0. The molecule has 2 aromatic rings. The zero-order chi connectivity index (χ0) is 22.5. The standard InChI is InChI=1S/C27H24N2OS2/c1-4-28-25(30)23(32-26(28)31)17-15-19-14-16-20(18-10-6-5-7-11-18)24-27(2,3)21-12-8-9-13-22(21)29(19)24/h5-17H,4H2,1-3H3. The molecule has 160 valence electrons. The Kier molecular flexibility index (Phi) is 5.19. The van der Waals surface area contributed by atoms with Crippen LogP contribution in [0.1, 0.15) is 31.9 Å². The largest absolute Gasteiger partial charge is 0.312 e. The van der Waals surface area contributed by atoms with E-state index in [-0.39, 0.29) is 11.3 Å². The van der Waals surface area contributed by atoms with Crippen LogP contribution >= 0.6 is 24.0 Å². The Morgan fingerprint density at radius 1 is 1.00 bits per heavy atom. The Balaban J connectivity index is 1.65. The van der Waals surface area contributed by atoms with Crippen LogP contribution in [0, 0.1) is 0 Å². The number of allylic oxidation sites excluding steroid dienone is 6. The van der Waals surface area contributed by atoms with Crippen LogP contribution in [-0.4, -0.2) is 21.7 Å². The molecule has 2 aromatic carbocycles. The van der Waals surface area contributed by atoms with Crippen molar-refractivity contribution in [2.75, 3.05) is 11.4 Å². The van der Waals surface area contributed by atoms with Crippen LogP contribution in [0.3, 0.4) is 0 Å². The average molecular weight is 457 g/mol. The van der Waals surface area contributed by atoms with Gasteiger partial charge in [0.25, 0.3) is 5.91 Å². The summed E-state index contributed by atoms with van der Waals surface area (Å²) in [7, 11) is 0. The van der Waals surface area contributed by atoms with Crippen molar-refractivity contribution in [2.24, 2.45) is 0 Å².